The van der Waals surface area contributed by atoms with E-state index in [0.29, 0.717) is 4.57 Å². The summed E-state index contributed by atoms with van der Waals surface area (Å²) in [6, 6.07) is 6.27. The summed E-state index contributed by atoms with van der Waals surface area (Å²) < 4.78 is 79.6. The Morgan fingerprint density at radius 2 is 1.70 bits per heavy atom. The predicted octanol–water partition coefficient (Wildman–Crippen LogP) is 4.68. The Labute approximate surface area is 288 Å². The Kier molecular flexibility index (Phi) is 13.3. The second-order valence-corrected chi connectivity index (χ2v) is 14.9. The topological polar surface area (TPSA) is 183 Å². The third-order valence-corrected chi connectivity index (χ3v) is 8.49. The Morgan fingerprint density at radius 1 is 1.06 bits per heavy atom. The standard InChI is InChI=1S/C32H45F2N4O11P/c1-18(2)24(36-30(42)48-31(7,8)9)27(40)47-25-23(46-28(32(25,33)34)38-16-15-20(5)35-29(38)41)17-44-50(43,49-22-13-11-10-12-14-22)37-21(6)26(39)45-19(3)4/h10-16,18-19,21,23-25,28H,17H2,1-9H3,(H,36,42)(H,37,43). The summed E-state index contributed by atoms with van der Waals surface area (Å²) in [5.41, 5.74) is -1.76. The van der Waals surface area contributed by atoms with Crippen molar-refractivity contribution in [1.29, 1.82) is 0 Å². The first-order valence-electron chi connectivity index (χ1n) is 15.9. The van der Waals surface area contributed by atoms with Crippen LogP contribution in [-0.2, 0) is 37.6 Å². The van der Waals surface area contributed by atoms with Crippen LogP contribution < -0.4 is 20.6 Å². The first-order valence-corrected chi connectivity index (χ1v) is 17.4. The fourth-order valence-corrected chi connectivity index (χ4v) is 6.06. The molecule has 2 heterocycles. The van der Waals surface area contributed by atoms with Crippen LogP contribution in [0.25, 0.3) is 0 Å². The molecule has 0 bridgehead atoms. The number of alkyl carbamates (subject to hydrolysis) is 1. The van der Waals surface area contributed by atoms with Crippen LogP contribution in [0.4, 0.5) is 13.6 Å². The van der Waals surface area contributed by atoms with Crippen LogP contribution in [0.3, 0.4) is 0 Å². The zero-order chi connectivity index (χ0) is 37.6. The molecule has 3 rings (SSSR count). The minimum Gasteiger partial charge on any atom is -0.462 e. The van der Waals surface area contributed by atoms with Crippen LogP contribution in [0.15, 0.2) is 47.4 Å². The molecule has 1 aliphatic rings. The fourth-order valence-electron chi connectivity index (χ4n) is 4.56. The number of carbonyl (C=O) groups excluding carboxylic acids is 3. The van der Waals surface area contributed by atoms with Crippen molar-refractivity contribution >= 4 is 25.8 Å². The number of nitrogens with zero attached hydrogens (tertiary/aromatic N) is 2. The lowest BCUT2D eigenvalue weighted by Gasteiger charge is -2.29. The number of amides is 1. The quantitative estimate of drug-likeness (QED) is 0.155. The maximum atomic E-state index is 16.3. The van der Waals surface area contributed by atoms with Gasteiger partial charge in [-0.05, 0) is 72.6 Å². The molecule has 1 saturated heterocycles. The number of aromatic nitrogens is 2. The zero-order valence-electron chi connectivity index (χ0n) is 29.4. The summed E-state index contributed by atoms with van der Waals surface area (Å²) in [4.78, 5) is 54.9. The molecule has 0 aliphatic carbocycles. The van der Waals surface area contributed by atoms with Gasteiger partial charge in [-0.25, -0.2) is 18.9 Å². The van der Waals surface area contributed by atoms with Gasteiger partial charge in [0.15, 0.2) is 6.10 Å². The average molecular weight is 731 g/mol. The van der Waals surface area contributed by atoms with E-state index in [9.17, 15) is 23.7 Å². The summed E-state index contributed by atoms with van der Waals surface area (Å²) in [6.45, 7) is 13.0. The van der Waals surface area contributed by atoms with Crippen molar-refractivity contribution in [3.05, 3.63) is 58.8 Å². The molecule has 1 fully saturated rings. The fraction of sp³-hybridized carbons (Fsp3) is 0.594. The van der Waals surface area contributed by atoms with Crippen molar-refractivity contribution in [3.63, 3.8) is 0 Å². The third-order valence-electron chi connectivity index (χ3n) is 6.84. The summed E-state index contributed by atoms with van der Waals surface area (Å²) in [6.07, 6.45) is -7.15. The number of alkyl halides is 2. The number of benzene rings is 1. The van der Waals surface area contributed by atoms with Gasteiger partial charge in [-0.1, -0.05) is 32.0 Å². The molecule has 1 amide bonds. The molecule has 278 valence electrons. The minimum absolute atomic E-state index is 0.0385. The zero-order valence-corrected chi connectivity index (χ0v) is 30.3. The van der Waals surface area contributed by atoms with Crippen LogP contribution in [0.2, 0.25) is 0 Å². The van der Waals surface area contributed by atoms with Crippen LogP contribution in [0.1, 0.15) is 67.3 Å². The minimum atomic E-state index is -4.60. The highest BCUT2D eigenvalue weighted by atomic mass is 31.2. The SMILES string of the molecule is Cc1ccn(C2OC(COP(=O)(NC(C)C(=O)OC(C)C)Oc3ccccc3)C(OC(=O)C(NC(=O)OC(C)(C)C)C(C)C)C2(F)F)c(=O)n1. The van der Waals surface area contributed by atoms with E-state index in [1.165, 1.54) is 32.0 Å². The van der Waals surface area contributed by atoms with Crippen LogP contribution in [0.5, 0.6) is 5.75 Å². The van der Waals surface area contributed by atoms with Gasteiger partial charge in [-0.15, -0.1) is 0 Å². The van der Waals surface area contributed by atoms with Gasteiger partial charge < -0.3 is 28.8 Å². The van der Waals surface area contributed by atoms with Crippen molar-refractivity contribution in [1.82, 2.24) is 20.0 Å². The highest BCUT2D eigenvalue weighted by molar-refractivity contribution is 7.52. The van der Waals surface area contributed by atoms with Crippen molar-refractivity contribution in [2.24, 2.45) is 5.92 Å². The first kappa shape index (κ1) is 40.5. The number of esters is 2. The van der Waals surface area contributed by atoms with Gasteiger partial charge in [-0.3, -0.25) is 13.9 Å². The van der Waals surface area contributed by atoms with Gasteiger partial charge in [0.25, 0.3) is 0 Å². The number of hydrogen-bond donors (Lipinski definition) is 2. The molecule has 2 aromatic rings. The highest BCUT2D eigenvalue weighted by Crippen LogP contribution is 2.49. The number of aryl methyl sites for hydroxylation is 1. The van der Waals surface area contributed by atoms with Crippen molar-refractivity contribution in [2.45, 2.75) is 110 Å². The molecule has 15 nitrogen and oxygen atoms in total. The third kappa shape index (κ3) is 11.0. The largest absolute Gasteiger partial charge is 0.462 e. The number of rotatable bonds is 14. The highest BCUT2D eigenvalue weighted by Gasteiger charge is 2.63. The van der Waals surface area contributed by atoms with Crippen LogP contribution >= 0.6 is 7.75 Å². The molecule has 0 spiro atoms. The lowest BCUT2D eigenvalue weighted by atomic mass is 10.0. The number of para-hydroxylation sites is 1. The summed E-state index contributed by atoms with van der Waals surface area (Å²) in [7, 11) is -4.60. The Balaban J connectivity index is 1.97. The lowest BCUT2D eigenvalue weighted by Crippen LogP contribution is -2.51. The molecule has 6 atom stereocenters. The normalized spacial score (nSPS) is 21.2. The van der Waals surface area contributed by atoms with E-state index in [-0.39, 0.29) is 11.4 Å². The van der Waals surface area contributed by atoms with E-state index in [0.717, 1.165) is 6.20 Å². The number of halogens is 2. The summed E-state index contributed by atoms with van der Waals surface area (Å²) >= 11 is 0. The van der Waals surface area contributed by atoms with E-state index >= 15 is 8.78 Å². The molecule has 2 N–H and O–H groups in total. The second-order valence-electron chi connectivity index (χ2n) is 13.2. The summed E-state index contributed by atoms with van der Waals surface area (Å²) in [5, 5.41) is 4.78. The molecule has 1 aromatic heterocycles. The predicted molar refractivity (Wildman–Crippen MR) is 174 cm³/mol. The molecule has 50 heavy (non-hydrogen) atoms. The lowest BCUT2D eigenvalue weighted by molar-refractivity contribution is -0.179. The molecule has 1 aliphatic heterocycles. The molecule has 6 unspecified atom stereocenters. The first-order chi connectivity index (χ1) is 23.1. The average Bonchev–Trinajstić information content (AvgIpc) is 3.22. The number of nitrogens with one attached hydrogen (secondary N) is 2. The maximum absolute atomic E-state index is 16.3. The van der Waals surface area contributed by atoms with Crippen molar-refractivity contribution in [2.75, 3.05) is 6.61 Å². The molecular weight excluding hydrogens is 685 g/mol. The van der Waals surface area contributed by atoms with Crippen LogP contribution in [0, 0.1) is 12.8 Å². The number of carbonyl (C=O) groups is 3. The molecule has 1 aromatic carbocycles. The van der Waals surface area contributed by atoms with Gasteiger partial charge in [0.1, 0.15) is 29.5 Å². The number of hydrogen-bond acceptors (Lipinski definition) is 12. The molecule has 0 radical (unpaired) electrons. The monoisotopic (exact) mass is 730 g/mol. The van der Waals surface area contributed by atoms with Gasteiger partial charge >= 0.3 is 37.4 Å². The second kappa shape index (κ2) is 16.4. The van der Waals surface area contributed by atoms with Crippen molar-refractivity contribution < 1.29 is 55.7 Å². The van der Waals surface area contributed by atoms with Gasteiger partial charge in [0.05, 0.1) is 12.7 Å². The number of ether oxygens (including phenoxy) is 4. The molecule has 18 heteroatoms. The van der Waals surface area contributed by atoms with E-state index < -0.39 is 92.1 Å². The van der Waals surface area contributed by atoms with Crippen LogP contribution in [-0.4, -0.2) is 76.1 Å². The summed E-state index contributed by atoms with van der Waals surface area (Å²) in [5.74, 6) is -6.80. The van der Waals surface area contributed by atoms with E-state index in [2.05, 4.69) is 15.4 Å². The van der Waals surface area contributed by atoms with Gasteiger partial charge in [-0.2, -0.15) is 18.9 Å². The van der Waals surface area contributed by atoms with Gasteiger partial charge in [0, 0.05) is 11.9 Å². The maximum Gasteiger partial charge on any atom is 0.459 e. The van der Waals surface area contributed by atoms with E-state index in [1.807, 2.05) is 0 Å². The Bertz CT molecular complexity index is 1600. The Morgan fingerprint density at radius 3 is 2.26 bits per heavy atom. The molecule has 0 saturated carbocycles. The Hall–Kier alpha value is -3.92. The smallest absolute Gasteiger partial charge is 0.459 e. The van der Waals surface area contributed by atoms with Crippen molar-refractivity contribution in [3.8, 4) is 5.75 Å². The van der Waals surface area contributed by atoms with Gasteiger partial charge in [0.2, 0.25) is 6.23 Å². The van der Waals surface area contributed by atoms with E-state index in [4.69, 9.17) is 28.0 Å². The van der Waals surface area contributed by atoms with E-state index in [1.54, 1.807) is 66.7 Å². The molecular formula is C32H45F2N4O11P.